The number of hydrogen-bond acceptors (Lipinski definition) is 1. The molecule has 1 aromatic carbocycles. The Morgan fingerprint density at radius 2 is 1.73 bits per heavy atom. The van der Waals surface area contributed by atoms with E-state index in [4.69, 9.17) is 26.9 Å². The van der Waals surface area contributed by atoms with E-state index in [9.17, 15) is 0 Å². The fourth-order valence-corrected chi connectivity index (χ4v) is 1.89. The van der Waals surface area contributed by atoms with E-state index in [2.05, 4.69) is 0 Å². The minimum Gasteiger partial charge on any atom is -0.497 e. The van der Waals surface area contributed by atoms with Crippen LogP contribution in [0.15, 0.2) is 24.3 Å². The molecular formula is C7H7Cl2OSi. The lowest BCUT2D eigenvalue weighted by Crippen LogP contribution is -2.16. The van der Waals surface area contributed by atoms with Gasteiger partial charge >= 0.3 is 7.42 Å². The minimum absolute atomic E-state index is 0.824. The van der Waals surface area contributed by atoms with Crippen LogP contribution in [0.25, 0.3) is 0 Å². The first-order valence-electron chi connectivity index (χ1n) is 3.06. The molecule has 1 nitrogen and oxygen atoms in total. The van der Waals surface area contributed by atoms with Gasteiger partial charge < -0.3 is 4.74 Å². The third kappa shape index (κ3) is 2.40. The highest BCUT2D eigenvalue weighted by Crippen LogP contribution is 2.07. The summed E-state index contributed by atoms with van der Waals surface area (Å²) in [6.07, 6.45) is 0. The molecule has 0 aliphatic rings. The van der Waals surface area contributed by atoms with Gasteiger partial charge in [-0.15, -0.1) is 22.2 Å². The topological polar surface area (TPSA) is 9.23 Å². The Hall–Kier alpha value is -0.183. The highest BCUT2D eigenvalue weighted by atomic mass is 35.7. The summed E-state index contributed by atoms with van der Waals surface area (Å²) in [4.78, 5) is 0. The van der Waals surface area contributed by atoms with E-state index in [1.54, 1.807) is 7.11 Å². The molecule has 1 aromatic rings. The number of hydrogen-bond donors (Lipinski definition) is 0. The first-order chi connectivity index (χ1) is 5.24. The van der Waals surface area contributed by atoms with E-state index >= 15 is 0 Å². The van der Waals surface area contributed by atoms with Gasteiger partial charge in [0, 0.05) is 0 Å². The third-order valence-electron chi connectivity index (χ3n) is 1.31. The van der Waals surface area contributed by atoms with E-state index < -0.39 is 7.42 Å². The predicted octanol–water partition coefficient (Wildman–Crippen LogP) is 1.87. The van der Waals surface area contributed by atoms with E-state index in [1.807, 2.05) is 24.3 Å². The Kier molecular flexibility index (Phi) is 3.24. The molecule has 0 atom stereocenters. The van der Waals surface area contributed by atoms with E-state index in [0.717, 1.165) is 10.9 Å². The maximum absolute atomic E-state index is 5.73. The van der Waals surface area contributed by atoms with Crippen molar-refractivity contribution in [3.05, 3.63) is 24.3 Å². The number of benzene rings is 1. The zero-order chi connectivity index (χ0) is 8.27. The molecule has 0 aromatic heterocycles. The van der Waals surface area contributed by atoms with Crippen molar-refractivity contribution < 1.29 is 4.74 Å². The van der Waals surface area contributed by atoms with Crippen LogP contribution >= 0.6 is 22.2 Å². The molecule has 0 saturated carbocycles. The first kappa shape index (κ1) is 8.91. The Bertz CT molecular complexity index is 222. The largest absolute Gasteiger partial charge is 0.497 e. The van der Waals surface area contributed by atoms with Crippen LogP contribution in [-0.2, 0) is 0 Å². The number of ether oxygens (including phenoxy) is 1. The standard InChI is InChI=1S/C7H7Cl2OSi/c1-10-6-2-4-7(5-3-6)11(8)9/h2-5H,1H3. The fourth-order valence-electron chi connectivity index (χ4n) is 0.717. The third-order valence-corrected chi connectivity index (χ3v) is 3.39. The molecule has 0 spiro atoms. The van der Waals surface area contributed by atoms with E-state index in [-0.39, 0.29) is 0 Å². The SMILES string of the molecule is COc1ccc([Si](Cl)Cl)cc1. The van der Waals surface area contributed by atoms with Crippen LogP contribution in [0.2, 0.25) is 0 Å². The average molecular weight is 206 g/mol. The van der Waals surface area contributed by atoms with Crippen molar-refractivity contribution in [3.8, 4) is 5.75 Å². The lowest BCUT2D eigenvalue weighted by Gasteiger charge is -2.00. The molecule has 0 aliphatic carbocycles. The van der Waals surface area contributed by atoms with Crippen molar-refractivity contribution in [2.24, 2.45) is 0 Å². The monoisotopic (exact) mass is 205 g/mol. The summed E-state index contributed by atoms with van der Waals surface area (Å²) in [5, 5.41) is 0.985. The lowest BCUT2D eigenvalue weighted by atomic mass is 10.3. The second-order valence-electron chi connectivity index (χ2n) is 1.99. The summed E-state index contributed by atoms with van der Waals surface area (Å²) in [5.74, 6) is 0.824. The van der Waals surface area contributed by atoms with Gasteiger partial charge in [-0.1, -0.05) is 12.1 Å². The van der Waals surface area contributed by atoms with Gasteiger partial charge in [0.15, 0.2) is 0 Å². The van der Waals surface area contributed by atoms with Crippen molar-refractivity contribution in [2.45, 2.75) is 0 Å². The summed E-state index contributed by atoms with van der Waals surface area (Å²) in [7, 11) is 0.279. The molecule has 0 heterocycles. The molecule has 0 fully saturated rings. The first-order valence-corrected chi connectivity index (χ1v) is 6.59. The van der Waals surface area contributed by atoms with Crippen LogP contribution in [0, 0.1) is 0 Å². The fraction of sp³-hybridized carbons (Fsp3) is 0.143. The predicted molar refractivity (Wildman–Crippen MR) is 50.1 cm³/mol. The van der Waals surface area contributed by atoms with Gasteiger partial charge in [0.2, 0.25) is 0 Å². The van der Waals surface area contributed by atoms with Crippen molar-refractivity contribution >= 4 is 34.8 Å². The zero-order valence-corrected chi connectivity index (χ0v) is 8.49. The molecule has 0 aliphatic heterocycles. The van der Waals surface area contributed by atoms with Gasteiger partial charge in [0.05, 0.1) is 7.11 Å². The summed E-state index contributed by atoms with van der Waals surface area (Å²) in [5.41, 5.74) is 0. The highest BCUT2D eigenvalue weighted by molar-refractivity contribution is 7.39. The lowest BCUT2D eigenvalue weighted by molar-refractivity contribution is 0.415. The molecule has 0 bridgehead atoms. The van der Waals surface area contributed by atoms with Gasteiger partial charge in [0.1, 0.15) is 5.75 Å². The van der Waals surface area contributed by atoms with Gasteiger partial charge in [-0.05, 0) is 17.3 Å². The van der Waals surface area contributed by atoms with Crippen LogP contribution in [0.3, 0.4) is 0 Å². The van der Waals surface area contributed by atoms with E-state index in [1.165, 1.54) is 0 Å². The number of rotatable bonds is 2. The smallest absolute Gasteiger partial charge is 0.307 e. The second kappa shape index (κ2) is 4.00. The highest BCUT2D eigenvalue weighted by Gasteiger charge is 2.06. The molecule has 1 rings (SSSR count). The molecule has 4 heteroatoms. The molecule has 0 amide bonds. The number of halogens is 2. The molecule has 0 saturated heterocycles. The minimum atomic E-state index is -1.35. The van der Waals surface area contributed by atoms with E-state index in [0.29, 0.717) is 0 Å². The van der Waals surface area contributed by atoms with Gasteiger partial charge in [-0.25, -0.2) is 0 Å². The molecular weight excluding hydrogens is 199 g/mol. The van der Waals surface area contributed by atoms with Gasteiger partial charge in [-0.3, -0.25) is 0 Å². The Morgan fingerprint density at radius 1 is 1.18 bits per heavy atom. The number of methoxy groups -OCH3 is 1. The Balaban J connectivity index is 2.83. The summed E-state index contributed by atoms with van der Waals surface area (Å²) in [6, 6.07) is 7.47. The molecule has 0 unspecified atom stereocenters. The van der Waals surface area contributed by atoms with Crippen LogP contribution in [-0.4, -0.2) is 14.5 Å². The van der Waals surface area contributed by atoms with Crippen molar-refractivity contribution in [3.63, 3.8) is 0 Å². The Morgan fingerprint density at radius 3 is 2.09 bits per heavy atom. The summed E-state index contributed by atoms with van der Waals surface area (Å²) < 4.78 is 4.97. The van der Waals surface area contributed by atoms with Crippen molar-refractivity contribution in [1.29, 1.82) is 0 Å². The Labute approximate surface area is 76.9 Å². The summed E-state index contributed by atoms with van der Waals surface area (Å²) in [6.45, 7) is 0. The normalized spacial score (nSPS) is 10.2. The van der Waals surface area contributed by atoms with Crippen LogP contribution < -0.4 is 9.92 Å². The molecule has 0 N–H and O–H groups in total. The summed E-state index contributed by atoms with van der Waals surface area (Å²) >= 11 is 11.5. The van der Waals surface area contributed by atoms with Crippen LogP contribution in [0.5, 0.6) is 5.75 Å². The maximum atomic E-state index is 5.73. The van der Waals surface area contributed by atoms with Crippen molar-refractivity contribution in [2.75, 3.05) is 7.11 Å². The molecule has 1 radical (unpaired) electrons. The molecule has 59 valence electrons. The molecule has 11 heavy (non-hydrogen) atoms. The average Bonchev–Trinajstić information content (AvgIpc) is 2.05. The van der Waals surface area contributed by atoms with Gasteiger partial charge in [-0.2, -0.15) is 0 Å². The quantitative estimate of drug-likeness (QED) is 0.530. The van der Waals surface area contributed by atoms with Gasteiger partial charge in [0.25, 0.3) is 0 Å². The van der Waals surface area contributed by atoms with Crippen LogP contribution in [0.4, 0.5) is 0 Å². The van der Waals surface area contributed by atoms with Crippen LogP contribution in [0.1, 0.15) is 0 Å². The maximum Gasteiger partial charge on any atom is 0.307 e. The zero-order valence-electron chi connectivity index (χ0n) is 5.97. The van der Waals surface area contributed by atoms with Crippen molar-refractivity contribution in [1.82, 2.24) is 0 Å². The second-order valence-corrected chi connectivity index (χ2v) is 5.94.